The van der Waals surface area contributed by atoms with Gasteiger partial charge in [0.25, 0.3) is 5.91 Å². The van der Waals surface area contributed by atoms with E-state index in [0.29, 0.717) is 16.8 Å². The lowest BCUT2D eigenvalue weighted by molar-refractivity contribution is -0.110. The largest absolute Gasteiger partial charge is 0.478 e. The Morgan fingerprint density at radius 2 is 2.17 bits per heavy atom. The number of carbonyl (C=O) groups excluding carboxylic acids is 1. The van der Waals surface area contributed by atoms with Crippen LogP contribution < -0.4 is 5.32 Å². The predicted octanol–water partition coefficient (Wildman–Crippen LogP) is 3.20. The standard InChI is InChI=1S/C17H13N3O3S/c1-8-7-20-14(9(2)18-17(20)24-8)6-12-11-5-10(16(22)23)3-4-13(11)19-15(12)21/h3-7H,1-2H3,(H,19,21)(H,22,23)/b12-6+. The van der Waals surface area contributed by atoms with Crippen molar-refractivity contribution >= 4 is 45.5 Å². The maximum atomic E-state index is 12.3. The first kappa shape index (κ1) is 14.6. The van der Waals surface area contributed by atoms with Gasteiger partial charge in [-0.25, -0.2) is 9.78 Å². The summed E-state index contributed by atoms with van der Waals surface area (Å²) in [5, 5.41) is 11.9. The molecule has 24 heavy (non-hydrogen) atoms. The number of hydrogen-bond acceptors (Lipinski definition) is 4. The van der Waals surface area contributed by atoms with E-state index >= 15 is 0 Å². The van der Waals surface area contributed by atoms with Gasteiger partial charge in [0.15, 0.2) is 4.96 Å². The quantitative estimate of drug-likeness (QED) is 0.702. The molecule has 0 bridgehead atoms. The van der Waals surface area contributed by atoms with Crippen molar-refractivity contribution in [1.29, 1.82) is 0 Å². The van der Waals surface area contributed by atoms with Crippen LogP contribution in [0.5, 0.6) is 0 Å². The van der Waals surface area contributed by atoms with E-state index in [0.717, 1.165) is 21.2 Å². The molecule has 1 aromatic carbocycles. The Labute approximate surface area is 141 Å². The van der Waals surface area contributed by atoms with Gasteiger partial charge in [-0.3, -0.25) is 9.20 Å². The van der Waals surface area contributed by atoms with Gasteiger partial charge in [-0.1, -0.05) is 0 Å². The number of anilines is 1. The van der Waals surface area contributed by atoms with Crippen LogP contribution in [-0.2, 0) is 4.79 Å². The van der Waals surface area contributed by atoms with Gasteiger partial charge in [-0.15, -0.1) is 11.3 Å². The minimum atomic E-state index is -1.02. The summed E-state index contributed by atoms with van der Waals surface area (Å²) in [6.07, 6.45) is 3.75. The molecular formula is C17H13N3O3S. The van der Waals surface area contributed by atoms with Crippen molar-refractivity contribution in [2.24, 2.45) is 0 Å². The summed E-state index contributed by atoms with van der Waals surface area (Å²) in [4.78, 5) is 30.0. The Balaban J connectivity index is 1.91. The SMILES string of the molecule is Cc1cn2c(/C=C3/C(=O)Nc4ccc(C(=O)O)cc43)c(C)nc2s1. The number of nitrogens with one attached hydrogen (secondary N) is 1. The second-order valence-electron chi connectivity index (χ2n) is 5.65. The van der Waals surface area contributed by atoms with Gasteiger partial charge in [0.2, 0.25) is 0 Å². The number of hydrogen-bond donors (Lipinski definition) is 2. The average molecular weight is 339 g/mol. The van der Waals surface area contributed by atoms with E-state index in [4.69, 9.17) is 0 Å². The highest BCUT2D eigenvalue weighted by Gasteiger charge is 2.26. The third kappa shape index (κ3) is 2.13. The van der Waals surface area contributed by atoms with Crippen LogP contribution in [0.3, 0.4) is 0 Å². The van der Waals surface area contributed by atoms with Crippen LogP contribution >= 0.6 is 11.3 Å². The van der Waals surface area contributed by atoms with E-state index in [-0.39, 0.29) is 11.5 Å². The zero-order valence-electron chi connectivity index (χ0n) is 13.0. The van der Waals surface area contributed by atoms with Crippen LogP contribution in [0.25, 0.3) is 16.6 Å². The number of fused-ring (bicyclic) bond motifs is 2. The average Bonchev–Trinajstić information content (AvgIpc) is 3.11. The lowest BCUT2D eigenvalue weighted by Crippen LogP contribution is -2.03. The number of benzene rings is 1. The highest BCUT2D eigenvalue weighted by Crippen LogP contribution is 2.34. The van der Waals surface area contributed by atoms with Crippen LogP contribution in [0.15, 0.2) is 24.4 Å². The van der Waals surface area contributed by atoms with E-state index < -0.39 is 5.97 Å². The molecule has 2 N–H and O–H groups in total. The van der Waals surface area contributed by atoms with Crippen molar-refractivity contribution in [3.05, 3.63) is 51.8 Å². The number of carbonyl (C=O) groups is 2. The van der Waals surface area contributed by atoms with Gasteiger partial charge < -0.3 is 10.4 Å². The Morgan fingerprint density at radius 3 is 2.92 bits per heavy atom. The van der Waals surface area contributed by atoms with Crippen molar-refractivity contribution in [3.63, 3.8) is 0 Å². The third-order valence-corrected chi connectivity index (χ3v) is 4.89. The van der Waals surface area contributed by atoms with Crippen LogP contribution in [0.1, 0.15) is 32.2 Å². The molecule has 3 aromatic rings. The second-order valence-corrected chi connectivity index (χ2v) is 6.87. The van der Waals surface area contributed by atoms with Crippen LogP contribution in [-0.4, -0.2) is 26.4 Å². The van der Waals surface area contributed by atoms with Crippen molar-refractivity contribution in [2.75, 3.05) is 5.32 Å². The number of thiazole rings is 1. The highest BCUT2D eigenvalue weighted by molar-refractivity contribution is 7.17. The van der Waals surface area contributed by atoms with E-state index in [2.05, 4.69) is 10.3 Å². The number of aryl methyl sites for hydroxylation is 2. The molecule has 0 saturated heterocycles. The molecule has 120 valence electrons. The molecule has 4 rings (SSSR count). The number of aromatic carboxylic acids is 1. The van der Waals surface area contributed by atoms with E-state index in [1.54, 1.807) is 23.5 Å². The molecule has 0 saturated carbocycles. The fourth-order valence-corrected chi connectivity index (χ4v) is 3.73. The van der Waals surface area contributed by atoms with Gasteiger partial charge in [0, 0.05) is 22.3 Å². The maximum Gasteiger partial charge on any atom is 0.335 e. The summed E-state index contributed by atoms with van der Waals surface area (Å²) in [6, 6.07) is 4.62. The minimum Gasteiger partial charge on any atom is -0.478 e. The fraction of sp³-hybridized carbons (Fsp3) is 0.118. The Morgan fingerprint density at radius 1 is 1.38 bits per heavy atom. The number of carboxylic acids is 1. The van der Waals surface area contributed by atoms with Crippen LogP contribution in [0, 0.1) is 13.8 Å². The van der Waals surface area contributed by atoms with Gasteiger partial charge in [0.1, 0.15) is 0 Å². The normalized spacial score (nSPS) is 15.1. The molecule has 2 aromatic heterocycles. The molecule has 0 aliphatic carbocycles. The summed E-state index contributed by atoms with van der Waals surface area (Å²) in [5.74, 6) is -1.26. The monoisotopic (exact) mass is 339 g/mol. The van der Waals surface area contributed by atoms with E-state index in [1.807, 2.05) is 24.4 Å². The molecule has 1 aliphatic rings. The number of nitrogens with zero attached hydrogens (tertiary/aromatic N) is 2. The minimum absolute atomic E-state index is 0.151. The first-order valence-corrected chi connectivity index (χ1v) is 8.11. The summed E-state index contributed by atoms with van der Waals surface area (Å²) in [5.41, 5.74) is 3.47. The smallest absolute Gasteiger partial charge is 0.335 e. The first-order valence-electron chi connectivity index (χ1n) is 7.30. The van der Waals surface area contributed by atoms with Crippen molar-refractivity contribution in [2.45, 2.75) is 13.8 Å². The molecule has 0 fully saturated rings. The third-order valence-electron chi connectivity index (χ3n) is 3.99. The van der Waals surface area contributed by atoms with Gasteiger partial charge in [-0.05, 0) is 38.1 Å². The molecule has 0 spiro atoms. The summed E-state index contributed by atoms with van der Waals surface area (Å²) in [6.45, 7) is 3.89. The molecule has 0 unspecified atom stereocenters. The Bertz CT molecular complexity index is 1060. The zero-order valence-corrected chi connectivity index (χ0v) is 13.8. The van der Waals surface area contributed by atoms with Crippen LogP contribution in [0.2, 0.25) is 0 Å². The summed E-state index contributed by atoms with van der Waals surface area (Å²) < 4.78 is 1.95. The molecular weight excluding hydrogens is 326 g/mol. The summed E-state index contributed by atoms with van der Waals surface area (Å²) in [7, 11) is 0. The number of carboxylic acid groups (broad SMARTS) is 1. The lowest BCUT2D eigenvalue weighted by Gasteiger charge is -2.01. The van der Waals surface area contributed by atoms with Gasteiger partial charge >= 0.3 is 5.97 Å². The first-order chi connectivity index (χ1) is 11.4. The molecule has 1 amide bonds. The molecule has 0 radical (unpaired) electrons. The van der Waals surface area contributed by atoms with Gasteiger partial charge in [-0.2, -0.15) is 0 Å². The highest BCUT2D eigenvalue weighted by atomic mass is 32.1. The topological polar surface area (TPSA) is 83.7 Å². The molecule has 6 nitrogen and oxygen atoms in total. The Kier molecular flexibility index (Phi) is 3.07. The molecule has 3 heterocycles. The van der Waals surface area contributed by atoms with Crippen molar-refractivity contribution in [1.82, 2.24) is 9.38 Å². The number of rotatable bonds is 2. The van der Waals surface area contributed by atoms with E-state index in [1.165, 1.54) is 12.1 Å². The molecule has 7 heteroatoms. The van der Waals surface area contributed by atoms with Crippen LogP contribution in [0.4, 0.5) is 5.69 Å². The zero-order chi connectivity index (χ0) is 17.0. The predicted molar refractivity (Wildman–Crippen MR) is 92.4 cm³/mol. The van der Waals surface area contributed by atoms with Crippen molar-refractivity contribution in [3.8, 4) is 0 Å². The fourth-order valence-electron chi connectivity index (χ4n) is 2.86. The summed E-state index contributed by atoms with van der Waals surface area (Å²) >= 11 is 1.58. The number of imidazole rings is 1. The van der Waals surface area contributed by atoms with Crippen molar-refractivity contribution < 1.29 is 14.7 Å². The number of aromatic nitrogens is 2. The van der Waals surface area contributed by atoms with E-state index in [9.17, 15) is 14.7 Å². The second kappa shape index (κ2) is 5.04. The Hall–Kier alpha value is -2.93. The number of amides is 1. The molecule has 1 aliphatic heterocycles. The van der Waals surface area contributed by atoms with Gasteiger partial charge in [0.05, 0.1) is 22.5 Å². The lowest BCUT2D eigenvalue weighted by atomic mass is 10.0. The molecule has 0 atom stereocenters. The maximum absolute atomic E-state index is 12.3.